The number of halogens is 2. The van der Waals surface area contributed by atoms with Gasteiger partial charge in [0.2, 0.25) is 11.7 Å². The van der Waals surface area contributed by atoms with Crippen LogP contribution >= 0.6 is 27.5 Å². The van der Waals surface area contributed by atoms with E-state index in [-0.39, 0.29) is 5.41 Å². The zero-order valence-corrected chi connectivity index (χ0v) is 12.8. The molecule has 1 aliphatic rings. The van der Waals surface area contributed by atoms with Crippen LogP contribution in [0.4, 0.5) is 0 Å². The maximum absolute atomic E-state index is 5.98. The monoisotopic (exact) mass is 341 g/mol. The molecule has 3 rings (SSSR count). The van der Waals surface area contributed by atoms with Crippen molar-refractivity contribution in [2.24, 2.45) is 0 Å². The molecule has 0 spiro atoms. The molecule has 1 saturated heterocycles. The Morgan fingerprint density at radius 1 is 1.47 bits per heavy atom. The summed E-state index contributed by atoms with van der Waals surface area (Å²) in [7, 11) is 0. The highest BCUT2D eigenvalue weighted by Crippen LogP contribution is 2.32. The van der Waals surface area contributed by atoms with Crippen LogP contribution in [0.25, 0.3) is 11.4 Å². The number of benzene rings is 1. The zero-order valence-electron chi connectivity index (χ0n) is 10.4. The quantitative estimate of drug-likeness (QED) is 0.909. The fourth-order valence-electron chi connectivity index (χ4n) is 2.22. The predicted octanol–water partition coefficient (Wildman–Crippen LogP) is 3.40. The zero-order chi connectivity index (χ0) is 13.5. The van der Waals surface area contributed by atoms with Crippen molar-refractivity contribution in [1.29, 1.82) is 0 Å². The topological polar surface area (TPSA) is 51.0 Å². The van der Waals surface area contributed by atoms with Crippen molar-refractivity contribution in [1.82, 2.24) is 15.5 Å². The molecule has 19 heavy (non-hydrogen) atoms. The lowest BCUT2D eigenvalue weighted by Crippen LogP contribution is -2.25. The summed E-state index contributed by atoms with van der Waals surface area (Å²) in [4.78, 5) is 4.52. The van der Waals surface area contributed by atoms with Gasteiger partial charge in [-0.25, -0.2) is 0 Å². The second kappa shape index (κ2) is 4.89. The first kappa shape index (κ1) is 13.1. The highest BCUT2D eigenvalue weighted by atomic mass is 79.9. The first-order valence-corrected chi connectivity index (χ1v) is 7.26. The third-order valence-electron chi connectivity index (χ3n) is 3.49. The van der Waals surface area contributed by atoms with E-state index < -0.39 is 0 Å². The fraction of sp³-hybridized carbons (Fsp3) is 0.385. The van der Waals surface area contributed by atoms with E-state index in [1.807, 2.05) is 18.2 Å². The largest absolute Gasteiger partial charge is 0.338 e. The summed E-state index contributed by atoms with van der Waals surface area (Å²) in [5, 5.41) is 8.06. The molecule has 6 heteroatoms. The molecule has 1 aromatic heterocycles. The number of rotatable bonds is 2. The van der Waals surface area contributed by atoms with Gasteiger partial charge < -0.3 is 9.84 Å². The second-order valence-electron chi connectivity index (χ2n) is 5.04. The minimum absolute atomic E-state index is 0.0606. The highest BCUT2D eigenvalue weighted by Gasteiger charge is 2.36. The standard InChI is InChI=1S/C13H13BrClN3O/c1-13(4-5-16-7-13)12-17-11(18-19-12)8-2-3-10(15)9(14)6-8/h2-3,6,16H,4-5,7H2,1H3. The Morgan fingerprint density at radius 2 is 2.32 bits per heavy atom. The van der Waals surface area contributed by atoms with E-state index in [0.29, 0.717) is 16.7 Å². The Labute approximate surface area is 124 Å². The molecule has 1 aromatic carbocycles. The Balaban J connectivity index is 1.94. The van der Waals surface area contributed by atoms with Crippen LogP contribution < -0.4 is 5.32 Å². The van der Waals surface area contributed by atoms with Crippen molar-refractivity contribution >= 4 is 27.5 Å². The molecule has 0 saturated carbocycles. The average Bonchev–Trinajstić information content (AvgIpc) is 3.02. The fourth-order valence-corrected chi connectivity index (χ4v) is 2.72. The van der Waals surface area contributed by atoms with Crippen molar-refractivity contribution in [3.63, 3.8) is 0 Å². The molecule has 0 aliphatic carbocycles. The van der Waals surface area contributed by atoms with E-state index in [1.54, 1.807) is 0 Å². The van der Waals surface area contributed by atoms with E-state index in [0.717, 1.165) is 29.5 Å². The van der Waals surface area contributed by atoms with Gasteiger partial charge in [-0.3, -0.25) is 0 Å². The molecule has 1 unspecified atom stereocenters. The Kier molecular flexibility index (Phi) is 3.37. The molecule has 2 aromatic rings. The first-order chi connectivity index (χ1) is 9.08. The summed E-state index contributed by atoms with van der Waals surface area (Å²) in [6.07, 6.45) is 1.01. The van der Waals surface area contributed by atoms with Crippen LogP contribution in [-0.2, 0) is 5.41 Å². The lowest BCUT2D eigenvalue weighted by atomic mass is 9.90. The molecule has 100 valence electrons. The third kappa shape index (κ3) is 2.42. The minimum Gasteiger partial charge on any atom is -0.338 e. The second-order valence-corrected chi connectivity index (χ2v) is 6.30. The summed E-state index contributed by atoms with van der Waals surface area (Å²) in [6, 6.07) is 5.60. The maximum atomic E-state index is 5.98. The summed E-state index contributed by atoms with van der Waals surface area (Å²) in [5.41, 5.74) is 0.829. The molecule has 1 atom stereocenters. The summed E-state index contributed by atoms with van der Waals surface area (Å²) < 4.78 is 6.25. The number of hydrogen-bond donors (Lipinski definition) is 1. The Bertz CT molecular complexity index is 608. The number of nitrogens with zero attached hydrogens (tertiary/aromatic N) is 2. The van der Waals surface area contributed by atoms with Gasteiger partial charge in [-0.05, 0) is 54.0 Å². The molecule has 0 radical (unpaired) electrons. The predicted molar refractivity (Wildman–Crippen MR) is 77.3 cm³/mol. The van der Waals surface area contributed by atoms with Crippen molar-refractivity contribution in [2.75, 3.05) is 13.1 Å². The highest BCUT2D eigenvalue weighted by molar-refractivity contribution is 9.10. The Hall–Kier alpha value is -0.910. The van der Waals surface area contributed by atoms with Gasteiger partial charge in [0.1, 0.15) is 0 Å². The molecule has 4 nitrogen and oxygen atoms in total. The molecule has 2 heterocycles. The molecule has 0 bridgehead atoms. The molecule has 1 N–H and O–H groups in total. The maximum Gasteiger partial charge on any atom is 0.234 e. The van der Waals surface area contributed by atoms with E-state index in [9.17, 15) is 0 Å². The van der Waals surface area contributed by atoms with Crippen LogP contribution in [0.3, 0.4) is 0 Å². The van der Waals surface area contributed by atoms with Gasteiger partial charge in [-0.15, -0.1) is 0 Å². The van der Waals surface area contributed by atoms with Gasteiger partial charge >= 0.3 is 0 Å². The number of hydrogen-bond acceptors (Lipinski definition) is 4. The van der Waals surface area contributed by atoms with Crippen LogP contribution in [0.5, 0.6) is 0 Å². The first-order valence-electron chi connectivity index (χ1n) is 6.09. The van der Waals surface area contributed by atoms with Gasteiger partial charge in [-0.2, -0.15) is 4.98 Å². The van der Waals surface area contributed by atoms with Crippen molar-refractivity contribution < 1.29 is 4.52 Å². The minimum atomic E-state index is -0.0606. The van der Waals surface area contributed by atoms with E-state index in [1.165, 1.54) is 0 Å². The van der Waals surface area contributed by atoms with Crippen LogP contribution in [0.15, 0.2) is 27.2 Å². The molecule has 1 fully saturated rings. The van der Waals surface area contributed by atoms with Crippen LogP contribution in [0.1, 0.15) is 19.2 Å². The van der Waals surface area contributed by atoms with Crippen molar-refractivity contribution in [3.8, 4) is 11.4 Å². The van der Waals surface area contributed by atoms with Gasteiger partial charge in [0.15, 0.2) is 0 Å². The number of nitrogens with one attached hydrogen (secondary N) is 1. The normalized spacial score (nSPS) is 22.9. The smallest absolute Gasteiger partial charge is 0.234 e. The molecule has 1 aliphatic heterocycles. The van der Waals surface area contributed by atoms with Crippen LogP contribution in [0, 0.1) is 0 Å². The summed E-state index contributed by atoms with van der Waals surface area (Å²) in [6.45, 7) is 4.00. The molecular weight excluding hydrogens is 330 g/mol. The van der Waals surface area contributed by atoms with E-state index >= 15 is 0 Å². The average molecular weight is 343 g/mol. The van der Waals surface area contributed by atoms with Crippen LogP contribution in [-0.4, -0.2) is 23.2 Å². The lowest BCUT2D eigenvalue weighted by molar-refractivity contribution is 0.306. The summed E-state index contributed by atoms with van der Waals surface area (Å²) in [5.74, 6) is 1.29. The van der Waals surface area contributed by atoms with Gasteiger partial charge in [-0.1, -0.05) is 16.8 Å². The third-order valence-corrected chi connectivity index (χ3v) is 4.70. The SMILES string of the molecule is CC1(c2nc(-c3ccc(Cl)c(Br)c3)no2)CCNC1. The van der Waals surface area contributed by atoms with Crippen molar-refractivity contribution in [3.05, 3.63) is 33.6 Å². The Morgan fingerprint density at radius 3 is 3.00 bits per heavy atom. The van der Waals surface area contributed by atoms with E-state index in [4.69, 9.17) is 16.1 Å². The van der Waals surface area contributed by atoms with Crippen LogP contribution in [0.2, 0.25) is 5.02 Å². The van der Waals surface area contributed by atoms with Crippen molar-refractivity contribution in [2.45, 2.75) is 18.8 Å². The lowest BCUT2D eigenvalue weighted by Gasteiger charge is -2.15. The van der Waals surface area contributed by atoms with Gasteiger partial charge in [0.25, 0.3) is 0 Å². The summed E-state index contributed by atoms with van der Waals surface area (Å²) >= 11 is 9.38. The number of aromatic nitrogens is 2. The van der Waals surface area contributed by atoms with Gasteiger partial charge in [0, 0.05) is 16.6 Å². The van der Waals surface area contributed by atoms with Gasteiger partial charge in [0.05, 0.1) is 10.4 Å². The molecular formula is C13H13BrClN3O. The molecule has 0 amide bonds. The van der Waals surface area contributed by atoms with E-state index in [2.05, 4.69) is 38.3 Å².